The maximum Gasteiger partial charge on any atom is 0.220 e. The number of aliphatic hydroxyl groups is 11. The Morgan fingerprint density at radius 1 is 0.368 bits per heavy atom. The van der Waals surface area contributed by atoms with Crippen LogP contribution >= 0.6 is 0 Å². The van der Waals surface area contributed by atoms with Gasteiger partial charge in [-0.2, -0.15) is 0 Å². The first kappa shape index (κ1) is 80.0. The van der Waals surface area contributed by atoms with E-state index >= 15 is 0 Å². The largest absolute Gasteiger partial charge is 0.394 e. The first-order valence-corrected chi connectivity index (χ1v) is 35.8. The molecule has 19 heteroatoms. The zero-order chi connectivity index (χ0) is 63.3. The topological polar surface area (TPSA) is 307 Å². The number of ether oxygens (including phenoxy) is 6. The third-order valence-electron chi connectivity index (χ3n) is 18.4. The zero-order valence-corrected chi connectivity index (χ0v) is 54.5. The number of amides is 1. The van der Waals surface area contributed by atoms with Crippen LogP contribution in [0.2, 0.25) is 0 Å². The Bertz CT molecular complexity index is 1590. The van der Waals surface area contributed by atoms with Crippen LogP contribution in [0.25, 0.3) is 0 Å². The molecule has 12 N–H and O–H groups in total. The van der Waals surface area contributed by atoms with Crippen molar-refractivity contribution in [3.8, 4) is 0 Å². The highest BCUT2D eigenvalue weighted by Gasteiger charge is 2.53. The molecule has 0 aromatic carbocycles. The van der Waals surface area contributed by atoms with Gasteiger partial charge in [-0.15, -0.1) is 0 Å². The minimum Gasteiger partial charge on any atom is -0.394 e. The number of carbonyl (C=O) groups is 1. The van der Waals surface area contributed by atoms with Crippen molar-refractivity contribution in [3.05, 3.63) is 0 Å². The van der Waals surface area contributed by atoms with E-state index in [1.54, 1.807) is 0 Å². The van der Waals surface area contributed by atoms with Gasteiger partial charge in [-0.05, 0) is 12.8 Å². The molecule has 17 unspecified atom stereocenters. The van der Waals surface area contributed by atoms with Gasteiger partial charge in [-0.3, -0.25) is 4.79 Å². The summed E-state index contributed by atoms with van der Waals surface area (Å²) in [5.74, 6) is -0.237. The molecule has 0 aliphatic carbocycles. The highest BCUT2D eigenvalue weighted by atomic mass is 16.8. The van der Waals surface area contributed by atoms with Crippen LogP contribution in [0.15, 0.2) is 0 Å². The molecule has 3 fully saturated rings. The summed E-state index contributed by atoms with van der Waals surface area (Å²) in [7, 11) is 0. The van der Waals surface area contributed by atoms with Crippen LogP contribution in [0, 0.1) is 0 Å². The average molecular weight is 1250 g/mol. The van der Waals surface area contributed by atoms with Crippen LogP contribution in [0.3, 0.4) is 0 Å². The molecule has 3 aliphatic rings. The second kappa shape index (κ2) is 51.2. The van der Waals surface area contributed by atoms with E-state index in [4.69, 9.17) is 28.4 Å². The minimum atomic E-state index is -1.97. The van der Waals surface area contributed by atoms with E-state index in [0.29, 0.717) is 12.8 Å². The predicted molar refractivity (Wildman–Crippen MR) is 337 cm³/mol. The van der Waals surface area contributed by atoms with E-state index in [2.05, 4.69) is 19.2 Å². The Kier molecular flexibility index (Phi) is 47.1. The molecule has 87 heavy (non-hydrogen) atoms. The van der Waals surface area contributed by atoms with Gasteiger partial charge in [-0.25, -0.2) is 0 Å². The Morgan fingerprint density at radius 2 is 0.655 bits per heavy atom. The van der Waals surface area contributed by atoms with Gasteiger partial charge in [0.05, 0.1) is 38.6 Å². The number of hydrogen-bond donors (Lipinski definition) is 12. The van der Waals surface area contributed by atoms with E-state index in [1.807, 2.05) is 0 Å². The smallest absolute Gasteiger partial charge is 0.220 e. The quantitative estimate of drug-likeness (QED) is 0.0252. The maximum atomic E-state index is 13.4. The van der Waals surface area contributed by atoms with Gasteiger partial charge < -0.3 is 89.9 Å². The van der Waals surface area contributed by atoms with Crippen LogP contribution in [-0.4, -0.2) is 193 Å². The van der Waals surface area contributed by atoms with Gasteiger partial charge in [0.2, 0.25) is 5.91 Å². The summed E-state index contributed by atoms with van der Waals surface area (Å²) in [5.41, 5.74) is 0. The highest BCUT2D eigenvalue weighted by Crippen LogP contribution is 2.33. The second-order valence-corrected chi connectivity index (χ2v) is 26.1. The lowest BCUT2D eigenvalue weighted by Gasteiger charge is -2.48. The van der Waals surface area contributed by atoms with Crippen LogP contribution < -0.4 is 5.32 Å². The number of unbranched alkanes of at least 4 members (excludes halogenated alkanes) is 40. The molecule has 3 rings (SSSR count). The molecule has 0 aromatic rings. The summed E-state index contributed by atoms with van der Waals surface area (Å²) in [6.07, 6.45) is 27.7. The lowest BCUT2D eigenvalue weighted by Crippen LogP contribution is -2.66. The van der Waals surface area contributed by atoms with Crippen molar-refractivity contribution in [3.63, 3.8) is 0 Å². The van der Waals surface area contributed by atoms with Crippen LogP contribution in [0.4, 0.5) is 0 Å². The summed E-state index contributed by atoms with van der Waals surface area (Å²) in [6, 6.07) is -0.881. The summed E-state index contributed by atoms with van der Waals surface area (Å²) in [4.78, 5) is 13.4. The second-order valence-electron chi connectivity index (χ2n) is 26.1. The Hall–Kier alpha value is -1.21. The van der Waals surface area contributed by atoms with E-state index in [9.17, 15) is 61.0 Å². The van der Waals surface area contributed by atoms with Gasteiger partial charge in [0.25, 0.3) is 0 Å². The Balaban J connectivity index is 1.39. The third-order valence-corrected chi connectivity index (χ3v) is 18.4. The minimum absolute atomic E-state index is 0.237. The van der Waals surface area contributed by atoms with E-state index in [1.165, 1.54) is 218 Å². The predicted octanol–water partition coefficient (Wildman–Crippen LogP) is 9.50. The Morgan fingerprint density at radius 3 is 1.00 bits per heavy atom. The van der Waals surface area contributed by atoms with Crippen molar-refractivity contribution in [1.29, 1.82) is 0 Å². The molecule has 0 aromatic heterocycles. The molecule has 3 heterocycles. The molecule has 0 bridgehead atoms. The van der Waals surface area contributed by atoms with Crippen molar-refractivity contribution in [2.24, 2.45) is 0 Å². The monoisotopic (exact) mass is 1250 g/mol. The lowest BCUT2D eigenvalue weighted by molar-refractivity contribution is -0.379. The molecular weight excluding hydrogens is 1120 g/mol. The number of hydrogen-bond acceptors (Lipinski definition) is 18. The fourth-order valence-corrected chi connectivity index (χ4v) is 12.6. The summed E-state index contributed by atoms with van der Waals surface area (Å²) >= 11 is 0. The molecule has 3 saturated heterocycles. The highest BCUT2D eigenvalue weighted by molar-refractivity contribution is 5.76. The zero-order valence-electron chi connectivity index (χ0n) is 54.5. The summed E-state index contributed by atoms with van der Waals surface area (Å²) in [6.45, 7) is 1.84. The molecule has 3 aliphatic heterocycles. The Labute approximate surface area is 525 Å². The first-order chi connectivity index (χ1) is 42.3. The molecule has 17 atom stereocenters. The average Bonchev–Trinajstić information content (AvgIpc) is 2.65. The van der Waals surface area contributed by atoms with Gasteiger partial charge in [0, 0.05) is 6.42 Å². The van der Waals surface area contributed by atoms with Crippen LogP contribution in [0.1, 0.15) is 296 Å². The summed E-state index contributed by atoms with van der Waals surface area (Å²) in [5, 5.41) is 121. The van der Waals surface area contributed by atoms with Crippen LogP contribution in [0.5, 0.6) is 0 Å². The molecule has 0 saturated carbocycles. The van der Waals surface area contributed by atoms with E-state index in [-0.39, 0.29) is 18.9 Å². The van der Waals surface area contributed by atoms with Crippen molar-refractivity contribution in [2.45, 2.75) is 401 Å². The van der Waals surface area contributed by atoms with Gasteiger partial charge in [0.15, 0.2) is 18.9 Å². The van der Waals surface area contributed by atoms with E-state index < -0.39 is 124 Å². The maximum absolute atomic E-state index is 13.4. The third kappa shape index (κ3) is 33.5. The van der Waals surface area contributed by atoms with Crippen molar-refractivity contribution in [2.75, 3.05) is 26.4 Å². The molecule has 19 nitrogen and oxygen atoms in total. The van der Waals surface area contributed by atoms with E-state index in [0.717, 1.165) is 44.9 Å². The van der Waals surface area contributed by atoms with Gasteiger partial charge in [0.1, 0.15) is 73.2 Å². The number of aliphatic hydroxyl groups excluding tert-OH is 11. The molecule has 0 spiro atoms. The van der Waals surface area contributed by atoms with Crippen LogP contribution in [-0.2, 0) is 33.2 Å². The van der Waals surface area contributed by atoms with Gasteiger partial charge >= 0.3 is 0 Å². The van der Waals surface area contributed by atoms with Crippen molar-refractivity contribution in [1.82, 2.24) is 5.32 Å². The molecule has 1 amide bonds. The number of carbonyl (C=O) groups excluding carboxylic acids is 1. The molecule has 0 radical (unpaired) electrons. The fraction of sp³-hybridized carbons (Fsp3) is 0.985. The van der Waals surface area contributed by atoms with Crippen molar-refractivity contribution >= 4 is 5.91 Å². The fourth-order valence-electron chi connectivity index (χ4n) is 12.6. The number of rotatable bonds is 56. The SMILES string of the molecule is CCCCCCCCCCCCCCCCCCCCCCCCCCCCCCC(O)C(COC1OC(CO)C(OC2OC(CO)C(OC3OC(CO)C(O)C(O)C3O)C(O)C2O)C(O)C1O)NC(=O)CCCCCCCCCCCCCCCC. The molecule has 516 valence electrons. The first-order valence-electron chi connectivity index (χ1n) is 35.8. The van der Waals surface area contributed by atoms with Crippen molar-refractivity contribution < 1.29 is 89.4 Å². The lowest BCUT2D eigenvalue weighted by atomic mass is 9.96. The summed E-state index contributed by atoms with van der Waals surface area (Å²) < 4.78 is 34.4. The standard InChI is InChI=1S/C68H131NO18/c1-3-5-7-9-11-13-15-17-19-20-21-22-23-24-25-26-27-28-29-30-31-32-33-35-37-39-41-43-45-52(73)51(69-56(74)46-44-42-40-38-36-34-18-16-14-12-10-8-6-4-2)50-82-66-62(80)59(77)64(54(48-71)84-66)87-68-63(81)60(78)65(55(49-72)85-68)86-67-61(79)58(76)57(75)53(47-70)83-67/h51-55,57-68,70-73,75-81H,3-50H2,1-2H3,(H,69,74). The normalized spacial score (nSPS) is 28.5. The molecular formula is C68H131NO18. The van der Waals surface area contributed by atoms with Gasteiger partial charge in [-0.1, -0.05) is 277 Å². The number of nitrogens with one attached hydrogen (secondary N) is 1.